The van der Waals surface area contributed by atoms with E-state index in [9.17, 15) is 34.5 Å². The van der Waals surface area contributed by atoms with E-state index < -0.39 is 67.3 Å². The fourth-order valence-corrected chi connectivity index (χ4v) is 8.02. The number of aliphatic hydroxyl groups excluding tert-OH is 2. The van der Waals surface area contributed by atoms with Crippen molar-refractivity contribution in [2.75, 3.05) is 13.2 Å². The molecule has 0 bridgehead atoms. The Labute approximate surface area is 441 Å². The van der Waals surface area contributed by atoms with Gasteiger partial charge in [-0.25, -0.2) is 4.79 Å². The molecule has 73 heavy (non-hydrogen) atoms. The first kappa shape index (κ1) is 66.9. The molecule has 6 atom stereocenters. The minimum absolute atomic E-state index is 0.0390. The smallest absolute Gasteiger partial charge is 0.335 e. The number of rotatable bonds is 47. The molecular weight excluding hydrogens is 925 g/mol. The highest BCUT2D eigenvalue weighted by Crippen LogP contribution is 2.26. The third kappa shape index (κ3) is 39.0. The highest BCUT2D eigenvalue weighted by Gasteiger charge is 2.50. The monoisotopic (exact) mass is 1020 g/mol. The second kappa shape index (κ2) is 48.8. The second-order valence-electron chi connectivity index (χ2n) is 19.2. The molecule has 1 saturated heterocycles. The van der Waals surface area contributed by atoms with Crippen molar-refractivity contribution < 1.29 is 58.2 Å². The van der Waals surface area contributed by atoms with Crippen LogP contribution in [0.1, 0.15) is 226 Å². The van der Waals surface area contributed by atoms with E-state index in [2.05, 4.69) is 106 Å². The van der Waals surface area contributed by atoms with E-state index >= 15 is 0 Å². The van der Waals surface area contributed by atoms with E-state index in [-0.39, 0.29) is 25.9 Å². The molecule has 3 N–H and O–H groups in total. The first-order valence-corrected chi connectivity index (χ1v) is 28.6. The highest BCUT2D eigenvalue weighted by atomic mass is 16.7. The van der Waals surface area contributed by atoms with Gasteiger partial charge < -0.3 is 39.0 Å². The van der Waals surface area contributed by atoms with Crippen LogP contribution in [0.5, 0.6) is 0 Å². The number of unbranched alkanes of at least 4 members (excludes halogenated alkanes) is 19. The third-order valence-electron chi connectivity index (χ3n) is 12.4. The Morgan fingerprint density at radius 2 is 0.890 bits per heavy atom. The highest BCUT2D eigenvalue weighted by molar-refractivity contribution is 5.74. The maximum absolute atomic E-state index is 13.1. The van der Waals surface area contributed by atoms with Crippen LogP contribution in [0, 0.1) is 0 Å². The molecule has 0 spiro atoms. The van der Waals surface area contributed by atoms with Crippen molar-refractivity contribution in [1.82, 2.24) is 0 Å². The van der Waals surface area contributed by atoms with Crippen molar-refractivity contribution >= 4 is 23.9 Å². The molecular formula is C61H100O12. The molecule has 1 heterocycles. The molecule has 0 saturated carbocycles. The molecule has 0 aromatic heterocycles. The number of carboxylic acids is 1. The van der Waals surface area contributed by atoms with Crippen LogP contribution in [-0.2, 0) is 42.9 Å². The van der Waals surface area contributed by atoms with Gasteiger partial charge in [-0.2, -0.15) is 0 Å². The maximum Gasteiger partial charge on any atom is 0.335 e. The lowest BCUT2D eigenvalue weighted by Gasteiger charge is -2.40. The summed E-state index contributed by atoms with van der Waals surface area (Å²) in [5.74, 6) is -3.17. The van der Waals surface area contributed by atoms with Crippen molar-refractivity contribution in [3.8, 4) is 0 Å². The van der Waals surface area contributed by atoms with E-state index in [4.69, 9.17) is 23.7 Å². The summed E-state index contributed by atoms with van der Waals surface area (Å²) in [5, 5.41) is 31.4. The number of ether oxygens (including phenoxy) is 5. The molecule has 12 nitrogen and oxygen atoms in total. The van der Waals surface area contributed by atoms with E-state index in [1.165, 1.54) is 12.8 Å². The number of hydrogen-bond acceptors (Lipinski definition) is 11. The lowest BCUT2D eigenvalue weighted by atomic mass is 9.98. The molecule has 0 radical (unpaired) electrons. The van der Waals surface area contributed by atoms with Crippen molar-refractivity contribution in [2.45, 2.75) is 263 Å². The van der Waals surface area contributed by atoms with Crippen molar-refractivity contribution in [3.63, 3.8) is 0 Å². The molecule has 1 rings (SSSR count). The summed E-state index contributed by atoms with van der Waals surface area (Å²) in [5.41, 5.74) is 0. The van der Waals surface area contributed by atoms with Gasteiger partial charge >= 0.3 is 23.9 Å². The summed E-state index contributed by atoms with van der Waals surface area (Å²) in [6, 6.07) is 0. The zero-order valence-corrected chi connectivity index (χ0v) is 45.6. The summed E-state index contributed by atoms with van der Waals surface area (Å²) >= 11 is 0. The number of carboxylic acid groups (broad SMARTS) is 1. The predicted octanol–water partition coefficient (Wildman–Crippen LogP) is 14.3. The minimum atomic E-state index is -1.91. The quantitative estimate of drug-likeness (QED) is 0.0228. The lowest BCUT2D eigenvalue weighted by molar-refractivity contribution is -0.301. The first-order chi connectivity index (χ1) is 35.6. The number of carbonyl (C=O) groups excluding carboxylic acids is 3. The van der Waals surface area contributed by atoms with Gasteiger partial charge in [0.2, 0.25) is 0 Å². The Bertz CT molecular complexity index is 1590. The fraction of sp³-hybridized carbons (Fsp3) is 0.705. The van der Waals surface area contributed by atoms with Crippen LogP contribution in [-0.4, -0.2) is 89.2 Å². The fourth-order valence-electron chi connectivity index (χ4n) is 8.02. The molecule has 1 aliphatic rings. The Balaban J connectivity index is 2.69. The van der Waals surface area contributed by atoms with Gasteiger partial charge in [0.15, 0.2) is 24.6 Å². The standard InChI is InChI=1S/C61H100O12/c1-4-7-10-13-16-19-22-24-25-26-27-28-29-31-33-35-38-41-44-47-53(62)69-50-52(71-54(63)48-45-42-39-36-32-21-18-15-12-9-6-3)51-70-61-59(57(66)56(65)58(73-61)60(67)68)72-55(64)49-46-43-40-37-34-30-23-20-17-14-11-8-5-2/h7,10-11,14-16,18-20,23-25,27-28,52,56-59,61,65-66H,4-6,8-9,12-13,17,21-22,26,29-51H2,1-3H3,(H,67,68)/b10-7-,14-11-,18-15-,19-16-,23-20-,25-24-,28-27-. The van der Waals surface area contributed by atoms with Gasteiger partial charge in [0.1, 0.15) is 18.8 Å². The molecule has 0 amide bonds. The van der Waals surface area contributed by atoms with Crippen LogP contribution in [0.2, 0.25) is 0 Å². The first-order valence-electron chi connectivity index (χ1n) is 28.6. The number of aliphatic hydroxyl groups is 2. The van der Waals surface area contributed by atoms with Gasteiger partial charge in [0.25, 0.3) is 0 Å². The summed E-state index contributed by atoms with van der Waals surface area (Å²) in [7, 11) is 0. The van der Waals surface area contributed by atoms with Crippen LogP contribution in [0.3, 0.4) is 0 Å². The van der Waals surface area contributed by atoms with Crippen LogP contribution >= 0.6 is 0 Å². The molecule has 0 aromatic rings. The summed E-state index contributed by atoms with van der Waals surface area (Å²) in [4.78, 5) is 51.0. The van der Waals surface area contributed by atoms with Crippen molar-refractivity contribution in [2.24, 2.45) is 0 Å². The molecule has 6 unspecified atom stereocenters. The number of esters is 3. The number of hydrogen-bond donors (Lipinski definition) is 3. The Hall–Kier alpha value is -4.10. The van der Waals surface area contributed by atoms with Gasteiger partial charge in [0.05, 0.1) is 6.61 Å². The Kier molecular flexibility index (Phi) is 44.7. The minimum Gasteiger partial charge on any atom is -0.479 e. The second-order valence-corrected chi connectivity index (χ2v) is 19.2. The molecule has 416 valence electrons. The molecule has 0 aromatic carbocycles. The SMILES string of the molecule is CC/C=C\C/C=C\C/C=C\C/C=C\CCCCCCCCC(=O)OCC(COC1OC(C(=O)O)C(O)C(O)C1OC(=O)CCCCCCC/C=C\C/C=C\CCC)OC(=O)CCCCCCC/C=C\CCCC. The third-order valence-corrected chi connectivity index (χ3v) is 12.4. The lowest BCUT2D eigenvalue weighted by Crippen LogP contribution is -2.61. The zero-order chi connectivity index (χ0) is 53.3. The van der Waals surface area contributed by atoms with Crippen LogP contribution in [0.15, 0.2) is 85.1 Å². The Morgan fingerprint density at radius 1 is 0.466 bits per heavy atom. The average molecular weight is 1030 g/mol. The average Bonchev–Trinajstić information content (AvgIpc) is 3.37. The number of aliphatic carboxylic acids is 1. The largest absolute Gasteiger partial charge is 0.479 e. The molecule has 0 aliphatic carbocycles. The van der Waals surface area contributed by atoms with Gasteiger partial charge in [-0.3, -0.25) is 14.4 Å². The van der Waals surface area contributed by atoms with Gasteiger partial charge in [0, 0.05) is 19.3 Å². The van der Waals surface area contributed by atoms with Crippen molar-refractivity contribution in [3.05, 3.63) is 85.1 Å². The summed E-state index contributed by atoms with van der Waals surface area (Å²) < 4.78 is 28.3. The van der Waals surface area contributed by atoms with E-state index in [1.54, 1.807) is 0 Å². The van der Waals surface area contributed by atoms with E-state index in [0.29, 0.717) is 19.3 Å². The molecule has 12 heteroatoms. The predicted molar refractivity (Wildman–Crippen MR) is 294 cm³/mol. The van der Waals surface area contributed by atoms with Crippen molar-refractivity contribution in [1.29, 1.82) is 0 Å². The molecule has 1 aliphatic heterocycles. The van der Waals surface area contributed by atoms with Gasteiger partial charge in [-0.05, 0) is 103 Å². The Morgan fingerprint density at radius 3 is 1.38 bits per heavy atom. The van der Waals surface area contributed by atoms with Gasteiger partial charge in [-0.1, -0.05) is 189 Å². The van der Waals surface area contributed by atoms with E-state index in [0.717, 1.165) is 154 Å². The number of allylic oxidation sites excluding steroid dienone is 14. The number of carbonyl (C=O) groups is 4. The van der Waals surface area contributed by atoms with Crippen LogP contribution in [0.4, 0.5) is 0 Å². The summed E-state index contributed by atoms with van der Waals surface area (Å²) in [6.07, 6.45) is 49.9. The van der Waals surface area contributed by atoms with Crippen LogP contribution in [0.25, 0.3) is 0 Å². The maximum atomic E-state index is 13.1. The van der Waals surface area contributed by atoms with E-state index in [1.807, 2.05) is 0 Å². The van der Waals surface area contributed by atoms with Gasteiger partial charge in [-0.15, -0.1) is 0 Å². The summed E-state index contributed by atoms with van der Waals surface area (Å²) in [6.45, 7) is 5.73. The van der Waals surface area contributed by atoms with Crippen LogP contribution < -0.4 is 0 Å². The normalized spacial score (nSPS) is 18.9. The topological polar surface area (TPSA) is 175 Å². The molecule has 1 fully saturated rings. The zero-order valence-electron chi connectivity index (χ0n) is 45.6.